The number of fused-ring (bicyclic) bond motifs is 4. The van der Waals surface area contributed by atoms with Crippen molar-refractivity contribution in [3.63, 3.8) is 0 Å². The van der Waals surface area contributed by atoms with Gasteiger partial charge in [0.2, 0.25) is 0 Å². The molecule has 0 fully saturated rings. The number of nitrogens with one attached hydrogen (secondary N) is 2. The van der Waals surface area contributed by atoms with E-state index in [0.29, 0.717) is 55.8 Å². The van der Waals surface area contributed by atoms with Crippen LogP contribution >= 0.6 is 0 Å². The molecule has 0 bridgehead atoms. The summed E-state index contributed by atoms with van der Waals surface area (Å²) < 4.78 is 11.5. The summed E-state index contributed by atoms with van der Waals surface area (Å²) in [5.41, 5.74) is 3.85. The molecule has 4 N–H and O–H groups in total. The first-order chi connectivity index (χ1) is 33.3. The summed E-state index contributed by atoms with van der Waals surface area (Å²) in [6.45, 7) is 0. The number of phenols is 2. The second kappa shape index (κ2) is 18.2. The molecule has 0 spiro atoms. The number of aromatic hydroxyl groups is 2. The van der Waals surface area contributed by atoms with Crippen LogP contribution in [-0.2, 0) is 0 Å². The third-order valence-corrected chi connectivity index (χ3v) is 11.8. The number of rotatable bonds is 11. The van der Waals surface area contributed by atoms with Crippen molar-refractivity contribution in [1.82, 2.24) is 0 Å². The maximum absolute atomic E-state index is 13.8. The lowest BCUT2D eigenvalue weighted by atomic mass is 10.0. The monoisotopic (exact) mass is 892 g/mol. The Hall–Kier alpha value is -9.42. The summed E-state index contributed by atoms with van der Waals surface area (Å²) in [7, 11) is 3.05. The van der Waals surface area contributed by atoms with Crippen molar-refractivity contribution in [3.8, 4) is 34.1 Å². The molecular weight excluding hydrogens is 853 g/mol. The Morgan fingerprint density at radius 3 is 1.19 bits per heavy atom. The van der Waals surface area contributed by atoms with E-state index < -0.39 is 11.8 Å². The van der Waals surface area contributed by atoms with E-state index in [4.69, 9.17) is 9.47 Å². The zero-order valence-corrected chi connectivity index (χ0v) is 36.6. The molecule has 0 aliphatic heterocycles. The van der Waals surface area contributed by atoms with Crippen LogP contribution in [-0.4, -0.2) is 36.2 Å². The zero-order valence-electron chi connectivity index (χ0n) is 36.6. The minimum atomic E-state index is -0.496. The number of nitrogens with zero attached hydrogens (tertiary/aromatic N) is 4. The third-order valence-electron chi connectivity index (χ3n) is 11.8. The van der Waals surface area contributed by atoms with Gasteiger partial charge in [0.1, 0.15) is 34.2 Å². The molecule has 10 aromatic carbocycles. The summed E-state index contributed by atoms with van der Waals surface area (Å²) in [4.78, 5) is 27.5. The highest BCUT2D eigenvalue weighted by atomic mass is 16.5. The Balaban J connectivity index is 0.926. The second-order valence-electron chi connectivity index (χ2n) is 15.8. The summed E-state index contributed by atoms with van der Waals surface area (Å²) >= 11 is 0. The fraction of sp³-hybridized carbons (Fsp3) is 0.0357. The van der Waals surface area contributed by atoms with Gasteiger partial charge in [-0.2, -0.15) is 0 Å². The molecule has 12 nitrogen and oxygen atoms in total. The van der Waals surface area contributed by atoms with Crippen molar-refractivity contribution in [2.45, 2.75) is 0 Å². The quantitative estimate of drug-likeness (QED) is 0.0943. The van der Waals surface area contributed by atoms with E-state index in [1.807, 2.05) is 146 Å². The number of azo groups is 2. The smallest absolute Gasteiger partial charge is 0.259 e. The lowest BCUT2D eigenvalue weighted by Crippen LogP contribution is -2.12. The molecule has 0 aliphatic rings. The molecule has 68 heavy (non-hydrogen) atoms. The Morgan fingerprint density at radius 2 is 0.779 bits per heavy atom. The van der Waals surface area contributed by atoms with Gasteiger partial charge in [-0.1, -0.05) is 133 Å². The van der Waals surface area contributed by atoms with E-state index in [0.717, 1.165) is 32.7 Å². The average Bonchev–Trinajstić information content (AvgIpc) is 3.38. The Kier molecular flexibility index (Phi) is 11.4. The number of hydrogen-bond donors (Lipinski definition) is 4. The highest BCUT2D eigenvalue weighted by molar-refractivity contribution is 6.15. The Labute approximate surface area is 389 Å². The van der Waals surface area contributed by atoms with Crippen LogP contribution in [0.5, 0.6) is 23.0 Å². The number of anilines is 2. The number of methoxy groups -OCH3 is 2. The molecule has 0 saturated carbocycles. The highest BCUT2D eigenvalue weighted by Gasteiger charge is 2.22. The molecule has 10 rings (SSSR count). The van der Waals surface area contributed by atoms with Crippen LogP contribution in [0.15, 0.2) is 202 Å². The van der Waals surface area contributed by atoms with Crippen LogP contribution in [0.25, 0.3) is 54.2 Å². The minimum Gasteiger partial charge on any atom is -0.505 e. The largest absolute Gasteiger partial charge is 0.505 e. The van der Waals surface area contributed by atoms with Gasteiger partial charge in [-0.3, -0.25) is 9.59 Å². The number of hydrogen-bond acceptors (Lipinski definition) is 10. The number of benzene rings is 10. The van der Waals surface area contributed by atoms with E-state index in [-0.39, 0.29) is 34.0 Å². The average molecular weight is 893 g/mol. The summed E-state index contributed by atoms with van der Waals surface area (Å²) in [6, 6.07) is 55.5. The summed E-state index contributed by atoms with van der Waals surface area (Å²) in [5.74, 6) is -0.829. The van der Waals surface area contributed by atoms with E-state index in [1.165, 1.54) is 14.2 Å². The highest BCUT2D eigenvalue weighted by Crippen LogP contribution is 2.44. The van der Waals surface area contributed by atoms with Gasteiger partial charge in [-0.15, -0.1) is 20.5 Å². The van der Waals surface area contributed by atoms with Crippen molar-refractivity contribution in [3.05, 3.63) is 193 Å². The molecule has 0 unspecified atom stereocenters. The van der Waals surface area contributed by atoms with Crippen LogP contribution in [0.2, 0.25) is 0 Å². The van der Waals surface area contributed by atoms with Gasteiger partial charge in [0.05, 0.1) is 25.3 Å². The first kappa shape index (κ1) is 42.5. The van der Waals surface area contributed by atoms with Crippen LogP contribution in [0.4, 0.5) is 34.1 Å². The van der Waals surface area contributed by atoms with Gasteiger partial charge >= 0.3 is 0 Å². The van der Waals surface area contributed by atoms with Gasteiger partial charge < -0.3 is 30.3 Å². The van der Waals surface area contributed by atoms with Crippen LogP contribution in [0, 0.1) is 0 Å². The van der Waals surface area contributed by atoms with Crippen LogP contribution in [0.1, 0.15) is 20.7 Å². The first-order valence-electron chi connectivity index (χ1n) is 21.6. The maximum atomic E-state index is 13.8. The van der Waals surface area contributed by atoms with Gasteiger partial charge in [0, 0.05) is 32.9 Å². The molecule has 0 aromatic heterocycles. The molecule has 0 heterocycles. The molecule has 330 valence electrons. The van der Waals surface area contributed by atoms with Crippen molar-refractivity contribution in [1.29, 1.82) is 0 Å². The topological polar surface area (TPSA) is 167 Å². The van der Waals surface area contributed by atoms with Crippen molar-refractivity contribution in [2.24, 2.45) is 20.5 Å². The van der Waals surface area contributed by atoms with Crippen LogP contribution in [0.3, 0.4) is 0 Å². The lowest BCUT2D eigenvalue weighted by Gasteiger charge is -2.13. The van der Waals surface area contributed by atoms with Crippen molar-refractivity contribution >= 4 is 89.0 Å². The Bertz CT molecular complexity index is 3450. The van der Waals surface area contributed by atoms with E-state index >= 15 is 0 Å². The fourth-order valence-corrected chi connectivity index (χ4v) is 8.32. The van der Waals surface area contributed by atoms with Crippen molar-refractivity contribution in [2.75, 3.05) is 24.9 Å². The van der Waals surface area contributed by atoms with E-state index in [9.17, 15) is 19.8 Å². The lowest BCUT2D eigenvalue weighted by molar-refractivity contribution is 0.101. The summed E-state index contributed by atoms with van der Waals surface area (Å²) in [6.07, 6.45) is 0. The number of carbonyl (C=O) groups is 2. The number of ether oxygens (including phenoxy) is 2. The molecule has 12 heteroatoms. The molecule has 0 radical (unpaired) electrons. The van der Waals surface area contributed by atoms with E-state index in [2.05, 4.69) is 31.1 Å². The standard InChI is InChI=1S/C56H40N6O6/c1-67-49-31-35(25-27-47(49)59-61-51-41-21-9-5-15-37(41)29-43(53(51)63)55(65)57-45-23-11-17-33-13-3-7-19-39(33)45)36-26-28-48(50(32-36)68-2)60-62-52-42-22-10-6-16-38(42)30-44(54(52)64)56(66)58-46-24-12-18-34-14-4-8-20-40(34)46/h3-32,63-64H,1-2H3,(H,57,65)(H,58,66). The van der Waals surface area contributed by atoms with Gasteiger partial charge in [0.15, 0.2) is 11.5 Å². The predicted octanol–water partition coefficient (Wildman–Crippen LogP) is 14.7. The fourth-order valence-electron chi connectivity index (χ4n) is 8.32. The second-order valence-corrected chi connectivity index (χ2v) is 15.8. The van der Waals surface area contributed by atoms with Crippen LogP contribution < -0.4 is 20.1 Å². The zero-order chi connectivity index (χ0) is 46.7. The van der Waals surface area contributed by atoms with Gasteiger partial charge in [-0.05, 0) is 81.2 Å². The third kappa shape index (κ3) is 8.13. The minimum absolute atomic E-state index is 0.0450. The summed E-state index contributed by atoms with van der Waals surface area (Å²) in [5, 5.41) is 53.4. The molecule has 0 aliphatic carbocycles. The predicted molar refractivity (Wildman–Crippen MR) is 268 cm³/mol. The normalized spacial score (nSPS) is 11.5. The van der Waals surface area contributed by atoms with Crippen molar-refractivity contribution < 1.29 is 29.3 Å². The molecule has 0 saturated heterocycles. The number of phenolic OH excluding ortho intramolecular Hbond substituents is 2. The number of carbonyl (C=O) groups excluding carboxylic acids is 2. The van der Waals surface area contributed by atoms with E-state index in [1.54, 1.807) is 36.4 Å². The van der Waals surface area contributed by atoms with Gasteiger partial charge in [-0.25, -0.2) is 0 Å². The molecule has 0 atom stereocenters. The number of amides is 2. The maximum Gasteiger partial charge on any atom is 0.259 e. The molecular formula is C56H40N6O6. The molecule has 2 amide bonds. The SMILES string of the molecule is COc1cc(-c2ccc(N=Nc3c(O)c(C(=O)Nc4cccc5ccccc45)cc4ccccc34)c(OC)c2)ccc1N=Nc1c(O)c(C(=O)Nc2cccc3ccccc23)cc2ccccc12. The van der Waals surface area contributed by atoms with Gasteiger partial charge in [0.25, 0.3) is 11.8 Å². The molecule has 10 aromatic rings. The Morgan fingerprint density at radius 1 is 0.412 bits per heavy atom. The first-order valence-corrected chi connectivity index (χ1v) is 21.6.